The molecule has 0 aliphatic rings. The Labute approximate surface area is 308 Å². The van der Waals surface area contributed by atoms with Crippen LogP contribution in [0.15, 0.2) is 168 Å². The standard InChI is InChI=1S/C43H27N3O/c1-2-11-31(12-3-1)41-44-42(46-43(45-41)37-17-9-19-39-40(37)36-16-6-7-18-38(36)47-39)35-15-8-14-33(27-35)29-20-22-30(23-21-29)34-25-24-28-10-4-5-13-32(28)26-34/h1-27H/i1D,2D,3D,4D,5D,6D,7D,9D,10D,11D,12D,13D,14D,15D,16D,17D,18D,19D,20D,21D,22D,23D,24D,25D,26D,27D. The van der Waals surface area contributed by atoms with E-state index in [0.29, 0.717) is 0 Å². The zero-order valence-corrected chi connectivity index (χ0v) is 23.3. The summed E-state index contributed by atoms with van der Waals surface area (Å²) < 4.78 is 232. The number of hydrogen-bond acceptors (Lipinski definition) is 4. The van der Waals surface area contributed by atoms with Crippen molar-refractivity contribution in [2.45, 2.75) is 0 Å². The largest absolute Gasteiger partial charge is 0.456 e. The molecule has 9 aromatic rings. The number of fused-ring (bicyclic) bond motifs is 4. The van der Waals surface area contributed by atoms with Crippen molar-refractivity contribution < 1.29 is 40.1 Å². The summed E-state index contributed by atoms with van der Waals surface area (Å²) in [6, 6.07) is -20.9. The molecule has 0 amide bonds. The van der Waals surface area contributed by atoms with Gasteiger partial charge in [-0.15, -0.1) is 0 Å². The molecule has 0 bridgehead atoms. The van der Waals surface area contributed by atoms with Crippen LogP contribution in [0.25, 0.3) is 89.1 Å². The summed E-state index contributed by atoms with van der Waals surface area (Å²) in [5, 5.41) is -1.85. The Kier molecular flexibility index (Phi) is 2.73. The molecule has 7 aromatic carbocycles. The zero-order chi connectivity index (χ0) is 53.8. The minimum absolute atomic E-state index is 0.401. The highest BCUT2D eigenvalue weighted by Gasteiger charge is 2.18. The highest BCUT2D eigenvalue weighted by atomic mass is 16.3. The molecule has 220 valence electrons. The average molecular weight is 628 g/mol. The van der Waals surface area contributed by atoms with Crippen molar-refractivity contribution >= 4 is 32.7 Å². The van der Waals surface area contributed by atoms with E-state index >= 15 is 0 Å². The maximum atomic E-state index is 9.53. The van der Waals surface area contributed by atoms with Crippen molar-refractivity contribution in [1.29, 1.82) is 0 Å². The molecule has 4 nitrogen and oxygen atoms in total. The summed E-state index contributed by atoms with van der Waals surface area (Å²) in [5.74, 6) is -2.32. The molecule has 0 aliphatic heterocycles. The van der Waals surface area contributed by atoms with Crippen LogP contribution in [0.1, 0.15) is 35.6 Å². The molecule has 9 rings (SSSR count). The minimum Gasteiger partial charge on any atom is -0.456 e. The Hall–Kier alpha value is -6.39. The summed E-state index contributed by atoms with van der Waals surface area (Å²) in [6.07, 6.45) is 0. The molecule has 0 saturated heterocycles. The molecule has 0 saturated carbocycles. The van der Waals surface area contributed by atoms with Crippen LogP contribution in [0, 0.1) is 0 Å². The highest BCUT2D eigenvalue weighted by molar-refractivity contribution is 6.11. The molecule has 2 aromatic heterocycles. The van der Waals surface area contributed by atoms with Gasteiger partial charge >= 0.3 is 0 Å². The van der Waals surface area contributed by atoms with E-state index in [9.17, 15) is 4.11 Å². The molecule has 0 atom stereocenters. The van der Waals surface area contributed by atoms with Gasteiger partial charge in [-0.2, -0.15) is 0 Å². The van der Waals surface area contributed by atoms with Crippen LogP contribution in [0.5, 0.6) is 0 Å². The van der Waals surface area contributed by atoms with E-state index in [2.05, 4.69) is 15.0 Å². The third-order valence-electron chi connectivity index (χ3n) is 6.81. The van der Waals surface area contributed by atoms with Gasteiger partial charge in [-0.1, -0.05) is 139 Å². The van der Waals surface area contributed by atoms with Gasteiger partial charge in [0.05, 0.1) is 35.6 Å². The maximum Gasteiger partial charge on any atom is 0.164 e. The molecular weight excluding hydrogens is 574 g/mol. The van der Waals surface area contributed by atoms with E-state index in [1.165, 1.54) is 0 Å². The molecule has 47 heavy (non-hydrogen) atoms. The van der Waals surface area contributed by atoms with Crippen LogP contribution < -0.4 is 0 Å². The number of furan rings is 1. The van der Waals surface area contributed by atoms with Crippen LogP contribution in [0.4, 0.5) is 0 Å². The summed E-state index contributed by atoms with van der Waals surface area (Å²) in [6.45, 7) is 0. The fourth-order valence-corrected chi connectivity index (χ4v) is 4.70. The maximum absolute atomic E-state index is 9.53. The van der Waals surface area contributed by atoms with Gasteiger partial charge in [-0.25, -0.2) is 15.0 Å². The predicted molar refractivity (Wildman–Crippen MR) is 192 cm³/mol. The fraction of sp³-hybridized carbons (Fsp3) is 0. The number of nitrogens with zero attached hydrogens (tertiary/aromatic N) is 3. The quantitative estimate of drug-likeness (QED) is 0.190. The van der Waals surface area contributed by atoms with Gasteiger partial charge < -0.3 is 4.42 Å². The van der Waals surface area contributed by atoms with E-state index < -0.39 is 246 Å². The lowest BCUT2D eigenvalue weighted by Crippen LogP contribution is -2.00. The van der Waals surface area contributed by atoms with Crippen LogP contribution in [0.3, 0.4) is 0 Å². The first-order valence-electron chi connectivity index (χ1n) is 26.6. The summed E-state index contributed by atoms with van der Waals surface area (Å²) in [7, 11) is 0. The summed E-state index contributed by atoms with van der Waals surface area (Å²) in [4.78, 5) is 13.1. The van der Waals surface area contributed by atoms with Crippen LogP contribution in [0.2, 0.25) is 0 Å². The van der Waals surface area contributed by atoms with Gasteiger partial charge in [0.2, 0.25) is 0 Å². The van der Waals surface area contributed by atoms with E-state index in [-0.39, 0.29) is 0 Å². The van der Waals surface area contributed by atoms with Crippen molar-refractivity contribution in [3.05, 3.63) is 163 Å². The number of benzene rings is 7. The Morgan fingerprint density at radius 2 is 1.02 bits per heavy atom. The highest BCUT2D eigenvalue weighted by Crippen LogP contribution is 2.37. The second kappa shape index (κ2) is 11.2. The second-order valence-corrected chi connectivity index (χ2v) is 9.62. The SMILES string of the molecule is [2H]c1cc([2H])c(-c2c([2H])c([2H])c(-c3c([2H])c([2H])c4c([2H])c([2H])c([2H])c([2H])c4c3[2H])c([2H])c2[2H])c([2H])c1-c1nc(-c2c([2H])c([2H])c([2H])c([2H])c2[2H])nc(-c2c([2H])c([2H])c([2H])c3oc4c([2H])c([2H])c([2H])c([2H])c4c23)n1. The Morgan fingerprint density at radius 1 is 0.404 bits per heavy atom. The lowest BCUT2D eigenvalue weighted by Gasteiger charge is -2.11. The number of para-hydroxylation sites is 1. The summed E-state index contributed by atoms with van der Waals surface area (Å²) >= 11 is 0. The predicted octanol–water partition coefficient (Wildman–Crippen LogP) is 11.3. The first-order valence-corrected chi connectivity index (χ1v) is 13.6. The molecule has 2 heterocycles. The number of rotatable bonds is 5. The minimum atomic E-state index is -0.991. The van der Waals surface area contributed by atoms with E-state index in [0.717, 1.165) is 6.07 Å². The summed E-state index contributed by atoms with van der Waals surface area (Å²) in [5.41, 5.74) is -5.95. The first kappa shape index (κ1) is 11.4. The van der Waals surface area contributed by atoms with Crippen LogP contribution in [-0.4, -0.2) is 15.0 Å². The fourth-order valence-electron chi connectivity index (χ4n) is 4.70. The first-order chi connectivity index (χ1) is 34.1. The zero-order valence-electron chi connectivity index (χ0n) is 49.3. The molecule has 0 spiro atoms. The van der Waals surface area contributed by atoms with Gasteiger partial charge in [0.15, 0.2) is 17.5 Å². The third kappa shape index (κ3) is 4.93. The average Bonchev–Trinajstić information content (AvgIpc) is 3.74. The van der Waals surface area contributed by atoms with E-state index in [4.69, 9.17) is 35.9 Å². The lowest BCUT2D eigenvalue weighted by molar-refractivity contribution is 0.669. The van der Waals surface area contributed by atoms with Crippen molar-refractivity contribution in [2.75, 3.05) is 0 Å². The van der Waals surface area contributed by atoms with Crippen molar-refractivity contribution in [2.24, 2.45) is 0 Å². The van der Waals surface area contributed by atoms with Crippen LogP contribution in [-0.2, 0) is 0 Å². The van der Waals surface area contributed by atoms with Crippen LogP contribution >= 0.6 is 0 Å². The lowest BCUT2D eigenvalue weighted by atomic mass is 9.97. The number of hydrogen-bond donors (Lipinski definition) is 0. The Morgan fingerprint density at radius 3 is 1.85 bits per heavy atom. The molecule has 0 N–H and O–H groups in total. The van der Waals surface area contributed by atoms with Gasteiger partial charge in [-0.05, 0) is 57.2 Å². The molecule has 0 radical (unpaired) electrons. The normalized spacial score (nSPS) is 19.1. The second-order valence-electron chi connectivity index (χ2n) is 9.62. The van der Waals surface area contributed by atoms with Gasteiger partial charge in [0.1, 0.15) is 11.2 Å². The third-order valence-corrected chi connectivity index (χ3v) is 6.81. The molecular formula is C43H27N3O. The molecule has 0 aliphatic carbocycles. The smallest absolute Gasteiger partial charge is 0.164 e. The topological polar surface area (TPSA) is 51.8 Å². The Bertz CT molecular complexity index is 4000. The van der Waals surface area contributed by atoms with E-state index in [1.807, 2.05) is 0 Å². The molecule has 0 fully saturated rings. The van der Waals surface area contributed by atoms with Gasteiger partial charge in [-0.3, -0.25) is 0 Å². The van der Waals surface area contributed by atoms with Gasteiger partial charge in [0, 0.05) is 27.5 Å². The van der Waals surface area contributed by atoms with E-state index in [1.54, 1.807) is 0 Å². The van der Waals surface area contributed by atoms with Crippen molar-refractivity contribution in [1.82, 2.24) is 15.0 Å². The van der Waals surface area contributed by atoms with Gasteiger partial charge in [0.25, 0.3) is 0 Å². The number of aromatic nitrogens is 3. The Balaban J connectivity index is 1.38. The molecule has 4 heteroatoms. The van der Waals surface area contributed by atoms with Crippen molar-refractivity contribution in [3.63, 3.8) is 0 Å². The molecule has 0 unspecified atom stereocenters. The van der Waals surface area contributed by atoms with Crippen molar-refractivity contribution in [3.8, 4) is 56.4 Å². The monoisotopic (exact) mass is 627 g/mol.